The summed E-state index contributed by atoms with van der Waals surface area (Å²) < 4.78 is 1.11. The topological polar surface area (TPSA) is 80.1 Å². The van der Waals surface area contributed by atoms with Crippen LogP contribution in [0.4, 0.5) is 0 Å². The van der Waals surface area contributed by atoms with E-state index in [0.717, 1.165) is 24.2 Å². The number of amides is 1. The first-order chi connectivity index (χ1) is 11.2. The monoisotopic (exact) mass is 315 g/mol. The summed E-state index contributed by atoms with van der Waals surface area (Å²) in [6.07, 6.45) is 2.27. The predicted molar refractivity (Wildman–Crippen MR) is 87.1 cm³/mol. The molecular weight excluding hydrogens is 294 g/mol. The average molecular weight is 315 g/mol. The van der Waals surface area contributed by atoms with Gasteiger partial charge in [-0.05, 0) is 38.1 Å². The van der Waals surface area contributed by atoms with Crippen molar-refractivity contribution in [3.8, 4) is 0 Å². The highest BCUT2D eigenvalue weighted by molar-refractivity contribution is 5.78. The number of carbonyl (C=O) groups excluding carboxylic acids is 1. The van der Waals surface area contributed by atoms with Gasteiger partial charge in [0, 0.05) is 12.6 Å². The molecule has 1 saturated heterocycles. The molecule has 0 aliphatic carbocycles. The number of nitrogens with zero attached hydrogens (tertiary/aromatic N) is 4. The maximum atomic E-state index is 12.3. The second kappa shape index (κ2) is 6.87. The van der Waals surface area contributed by atoms with Gasteiger partial charge in [-0.25, -0.2) is 4.68 Å². The van der Waals surface area contributed by atoms with Crippen molar-refractivity contribution < 1.29 is 4.79 Å². The smallest absolute Gasteiger partial charge is 0.278 e. The molecular formula is C16H21N5O2. The largest absolute Gasteiger partial charge is 0.353 e. The van der Waals surface area contributed by atoms with E-state index in [1.807, 2.05) is 0 Å². The molecule has 1 aliphatic heterocycles. The van der Waals surface area contributed by atoms with Crippen molar-refractivity contribution in [1.29, 1.82) is 0 Å². The van der Waals surface area contributed by atoms with Gasteiger partial charge < -0.3 is 5.32 Å². The molecule has 0 bridgehead atoms. The number of likely N-dealkylation sites (tertiary alicyclic amines) is 1. The maximum Gasteiger partial charge on any atom is 0.278 e. The van der Waals surface area contributed by atoms with E-state index in [4.69, 9.17) is 0 Å². The molecule has 0 saturated carbocycles. The molecule has 1 fully saturated rings. The maximum absolute atomic E-state index is 12.3. The first kappa shape index (κ1) is 15.6. The highest BCUT2D eigenvalue weighted by Gasteiger charge is 2.23. The second-order valence-corrected chi connectivity index (χ2v) is 5.80. The summed E-state index contributed by atoms with van der Waals surface area (Å²) in [5.74, 6) is -0.209. The number of aromatic nitrogens is 3. The lowest BCUT2D eigenvalue weighted by Gasteiger charge is -2.22. The van der Waals surface area contributed by atoms with Crippen LogP contribution in [0, 0.1) is 0 Å². The Kier molecular flexibility index (Phi) is 4.66. The Morgan fingerprint density at radius 2 is 2.22 bits per heavy atom. The fourth-order valence-electron chi connectivity index (χ4n) is 3.09. The summed E-state index contributed by atoms with van der Waals surface area (Å²) in [7, 11) is 0. The molecule has 0 unspecified atom stereocenters. The number of rotatable bonds is 5. The van der Waals surface area contributed by atoms with Crippen molar-refractivity contribution in [2.24, 2.45) is 0 Å². The molecule has 3 rings (SSSR count). The van der Waals surface area contributed by atoms with Gasteiger partial charge in [0.2, 0.25) is 5.91 Å². The van der Waals surface area contributed by atoms with Crippen LogP contribution in [0.3, 0.4) is 0 Å². The van der Waals surface area contributed by atoms with Crippen molar-refractivity contribution in [2.45, 2.75) is 32.4 Å². The molecule has 7 nitrogen and oxygen atoms in total. The first-order valence-electron chi connectivity index (χ1n) is 8.02. The van der Waals surface area contributed by atoms with Gasteiger partial charge >= 0.3 is 0 Å². The molecule has 7 heteroatoms. The zero-order valence-electron chi connectivity index (χ0n) is 13.2. The van der Waals surface area contributed by atoms with Crippen LogP contribution in [-0.2, 0) is 11.3 Å². The van der Waals surface area contributed by atoms with E-state index in [1.54, 1.807) is 24.3 Å². The van der Waals surface area contributed by atoms with Crippen LogP contribution in [0.5, 0.6) is 0 Å². The highest BCUT2D eigenvalue weighted by Crippen LogP contribution is 2.15. The summed E-state index contributed by atoms with van der Waals surface area (Å²) in [5.41, 5.74) is 0.250. The van der Waals surface area contributed by atoms with Gasteiger partial charge in [0.15, 0.2) is 0 Å². The lowest BCUT2D eigenvalue weighted by molar-refractivity contribution is -0.122. The highest BCUT2D eigenvalue weighted by atomic mass is 16.2. The normalized spacial score (nSPS) is 18.4. The van der Waals surface area contributed by atoms with Crippen molar-refractivity contribution >= 4 is 16.8 Å². The van der Waals surface area contributed by atoms with Gasteiger partial charge in [0.1, 0.15) is 12.1 Å². The molecule has 0 spiro atoms. The molecule has 1 aliphatic rings. The Bertz CT molecular complexity index is 757. The number of hydrogen-bond donors (Lipinski definition) is 1. The van der Waals surface area contributed by atoms with Crippen molar-refractivity contribution in [1.82, 2.24) is 25.2 Å². The van der Waals surface area contributed by atoms with Crippen LogP contribution in [0.25, 0.3) is 10.9 Å². The summed E-state index contributed by atoms with van der Waals surface area (Å²) in [4.78, 5) is 26.8. The SMILES string of the molecule is CCN1CCC[C@@H]1CNC(=O)Cn1nnc2ccccc2c1=O. The Hall–Kier alpha value is -2.28. The van der Waals surface area contributed by atoms with E-state index in [1.165, 1.54) is 6.42 Å². The van der Waals surface area contributed by atoms with E-state index in [-0.39, 0.29) is 18.0 Å². The Morgan fingerprint density at radius 3 is 3.04 bits per heavy atom. The van der Waals surface area contributed by atoms with Gasteiger partial charge in [0.05, 0.1) is 5.39 Å². The molecule has 23 heavy (non-hydrogen) atoms. The second-order valence-electron chi connectivity index (χ2n) is 5.80. The molecule has 0 radical (unpaired) electrons. The Labute approximate surface area is 134 Å². The standard InChI is InChI=1S/C16H21N5O2/c1-2-20-9-5-6-12(20)10-17-15(22)11-21-16(23)13-7-3-4-8-14(13)18-19-21/h3-4,7-8,12H,2,5-6,9-11H2,1H3,(H,17,22)/t12-/m1/s1. The third kappa shape index (κ3) is 3.39. The summed E-state index contributed by atoms with van der Waals surface area (Å²) in [6.45, 7) is 4.73. The third-order valence-electron chi connectivity index (χ3n) is 4.36. The summed E-state index contributed by atoms with van der Waals surface area (Å²) in [5, 5.41) is 11.2. The number of fused-ring (bicyclic) bond motifs is 1. The van der Waals surface area contributed by atoms with Gasteiger partial charge in [-0.2, -0.15) is 0 Å². The van der Waals surface area contributed by atoms with E-state index < -0.39 is 0 Å². The predicted octanol–water partition coefficient (Wildman–Crippen LogP) is 0.392. The van der Waals surface area contributed by atoms with E-state index in [0.29, 0.717) is 23.5 Å². The fraction of sp³-hybridized carbons (Fsp3) is 0.500. The molecule has 1 N–H and O–H groups in total. The van der Waals surface area contributed by atoms with Gasteiger partial charge in [-0.15, -0.1) is 5.10 Å². The first-order valence-corrected chi connectivity index (χ1v) is 8.02. The minimum atomic E-state index is -0.290. The minimum absolute atomic E-state index is 0.102. The van der Waals surface area contributed by atoms with Crippen LogP contribution in [-0.4, -0.2) is 51.5 Å². The minimum Gasteiger partial charge on any atom is -0.353 e. The molecule has 2 heterocycles. The fourth-order valence-corrected chi connectivity index (χ4v) is 3.09. The quantitative estimate of drug-likeness (QED) is 0.863. The number of likely N-dealkylation sites (N-methyl/N-ethyl adjacent to an activating group) is 1. The van der Waals surface area contributed by atoms with Gasteiger partial charge in [-0.3, -0.25) is 14.5 Å². The van der Waals surface area contributed by atoms with Crippen LogP contribution >= 0.6 is 0 Å². The van der Waals surface area contributed by atoms with Crippen molar-refractivity contribution in [2.75, 3.05) is 19.6 Å². The molecule has 1 atom stereocenters. The van der Waals surface area contributed by atoms with E-state index in [9.17, 15) is 9.59 Å². The number of hydrogen-bond acceptors (Lipinski definition) is 5. The van der Waals surface area contributed by atoms with Crippen LogP contribution in [0.15, 0.2) is 29.1 Å². The van der Waals surface area contributed by atoms with Gasteiger partial charge in [0.25, 0.3) is 5.56 Å². The Morgan fingerprint density at radius 1 is 1.39 bits per heavy atom. The van der Waals surface area contributed by atoms with Crippen LogP contribution < -0.4 is 10.9 Å². The molecule has 1 aromatic heterocycles. The molecule has 1 amide bonds. The van der Waals surface area contributed by atoms with E-state index in [2.05, 4.69) is 27.5 Å². The van der Waals surface area contributed by atoms with Crippen LogP contribution in [0.1, 0.15) is 19.8 Å². The summed E-state index contributed by atoms with van der Waals surface area (Å²) in [6, 6.07) is 7.39. The zero-order valence-corrected chi connectivity index (χ0v) is 13.2. The lowest BCUT2D eigenvalue weighted by atomic mass is 10.2. The van der Waals surface area contributed by atoms with Gasteiger partial charge in [-0.1, -0.05) is 24.3 Å². The van der Waals surface area contributed by atoms with Crippen molar-refractivity contribution in [3.63, 3.8) is 0 Å². The Balaban J connectivity index is 1.64. The van der Waals surface area contributed by atoms with E-state index >= 15 is 0 Å². The zero-order chi connectivity index (χ0) is 16.2. The van der Waals surface area contributed by atoms with Crippen LogP contribution in [0.2, 0.25) is 0 Å². The number of benzene rings is 1. The van der Waals surface area contributed by atoms with Crippen molar-refractivity contribution in [3.05, 3.63) is 34.6 Å². The number of nitrogens with one attached hydrogen (secondary N) is 1. The number of carbonyl (C=O) groups is 1. The molecule has 1 aromatic carbocycles. The third-order valence-corrected chi connectivity index (χ3v) is 4.36. The lowest BCUT2D eigenvalue weighted by Crippen LogP contribution is -2.42. The summed E-state index contributed by atoms with van der Waals surface area (Å²) >= 11 is 0. The molecule has 2 aromatic rings. The molecule has 122 valence electrons. The average Bonchev–Trinajstić information content (AvgIpc) is 3.03.